The highest BCUT2D eigenvalue weighted by molar-refractivity contribution is 6.10. The van der Waals surface area contributed by atoms with Gasteiger partial charge < -0.3 is 4.74 Å². The monoisotopic (exact) mass is 320 g/mol. The summed E-state index contributed by atoms with van der Waals surface area (Å²) in [6.07, 6.45) is 1.52. The molecule has 0 spiro atoms. The molecular weight excluding hydrogens is 300 g/mol. The molecule has 0 bridgehead atoms. The molecule has 1 aromatic heterocycles. The standard InChI is InChI=1S/C20H20N2O2/c1-20(2,3)13-9-10-18(24-4)14(11-13)19(23)17-12-21-15-7-5-6-8-16(15)22-17/h5-12H,1-4H3. The minimum absolute atomic E-state index is 0.0592. The molecule has 3 rings (SSSR count). The molecule has 4 heteroatoms. The van der Waals surface area contributed by atoms with Gasteiger partial charge in [0.05, 0.1) is 29.9 Å². The topological polar surface area (TPSA) is 52.1 Å². The van der Waals surface area contributed by atoms with Gasteiger partial charge in [0.15, 0.2) is 0 Å². The zero-order chi connectivity index (χ0) is 17.3. The van der Waals surface area contributed by atoms with E-state index in [-0.39, 0.29) is 11.2 Å². The fourth-order valence-electron chi connectivity index (χ4n) is 2.56. The second-order valence-corrected chi connectivity index (χ2v) is 6.74. The number of methoxy groups -OCH3 is 1. The van der Waals surface area contributed by atoms with Gasteiger partial charge in [0.2, 0.25) is 5.78 Å². The molecule has 0 aliphatic carbocycles. The van der Waals surface area contributed by atoms with Crippen LogP contribution in [0.4, 0.5) is 0 Å². The largest absolute Gasteiger partial charge is 0.496 e. The van der Waals surface area contributed by atoms with Gasteiger partial charge in [-0.3, -0.25) is 9.78 Å². The SMILES string of the molecule is COc1ccc(C(C)(C)C)cc1C(=O)c1cnc2ccccc2n1. The Morgan fingerprint density at radius 2 is 1.75 bits per heavy atom. The molecule has 0 radical (unpaired) electrons. The van der Waals surface area contributed by atoms with Gasteiger partial charge in [-0.2, -0.15) is 0 Å². The number of benzene rings is 2. The number of ether oxygens (including phenoxy) is 1. The Kier molecular flexibility index (Phi) is 4.06. The first kappa shape index (κ1) is 16.1. The van der Waals surface area contributed by atoms with E-state index in [4.69, 9.17) is 4.74 Å². The molecule has 1 heterocycles. The van der Waals surface area contributed by atoms with Crippen LogP contribution in [0, 0.1) is 0 Å². The Morgan fingerprint density at radius 3 is 2.42 bits per heavy atom. The summed E-state index contributed by atoms with van der Waals surface area (Å²) >= 11 is 0. The van der Waals surface area contributed by atoms with Crippen LogP contribution in [0.1, 0.15) is 42.4 Å². The van der Waals surface area contributed by atoms with Crippen molar-refractivity contribution in [1.29, 1.82) is 0 Å². The summed E-state index contributed by atoms with van der Waals surface area (Å²) in [7, 11) is 1.56. The lowest BCUT2D eigenvalue weighted by molar-refractivity contribution is 0.103. The molecule has 0 unspecified atom stereocenters. The van der Waals surface area contributed by atoms with Crippen molar-refractivity contribution in [2.24, 2.45) is 0 Å². The normalized spacial score (nSPS) is 11.5. The van der Waals surface area contributed by atoms with E-state index in [1.54, 1.807) is 7.11 Å². The van der Waals surface area contributed by atoms with E-state index in [0.717, 1.165) is 11.1 Å². The number of carbonyl (C=O) groups is 1. The van der Waals surface area contributed by atoms with Crippen molar-refractivity contribution in [2.45, 2.75) is 26.2 Å². The average Bonchev–Trinajstić information content (AvgIpc) is 2.59. The number of fused-ring (bicyclic) bond motifs is 1. The second-order valence-electron chi connectivity index (χ2n) is 6.74. The summed E-state index contributed by atoms with van der Waals surface area (Å²) in [4.78, 5) is 21.7. The third-order valence-electron chi connectivity index (χ3n) is 3.99. The van der Waals surface area contributed by atoms with Crippen molar-refractivity contribution < 1.29 is 9.53 Å². The highest BCUT2D eigenvalue weighted by atomic mass is 16.5. The van der Waals surface area contributed by atoms with Gasteiger partial charge in [-0.1, -0.05) is 39.0 Å². The lowest BCUT2D eigenvalue weighted by atomic mass is 9.85. The number of ketones is 1. The Labute approximate surface area is 141 Å². The number of aromatic nitrogens is 2. The van der Waals surface area contributed by atoms with Crippen molar-refractivity contribution >= 4 is 16.8 Å². The smallest absolute Gasteiger partial charge is 0.216 e. The highest BCUT2D eigenvalue weighted by Crippen LogP contribution is 2.29. The number of carbonyl (C=O) groups excluding carboxylic acids is 1. The lowest BCUT2D eigenvalue weighted by Crippen LogP contribution is -2.14. The molecule has 4 nitrogen and oxygen atoms in total. The molecule has 0 atom stereocenters. The van der Waals surface area contributed by atoms with E-state index in [0.29, 0.717) is 22.5 Å². The first-order chi connectivity index (χ1) is 11.4. The van der Waals surface area contributed by atoms with E-state index in [1.165, 1.54) is 6.20 Å². The van der Waals surface area contributed by atoms with Crippen molar-refractivity contribution in [3.63, 3.8) is 0 Å². The average molecular weight is 320 g/mol. The summed E-state index contributed by atoms with van der Waals surface area (Å²) < 4.78 is 5.37. The maximum absolute atomic E-state index is 13.0. The highest BCUT2D eigenvalue weighted by Gasteiger charge is 2.21. The molecule has 0 amide bonds. The van der Waals surface area contributed by atoms with Gasteiger partial charge in [0, 0.05) is 0 Å². The fourth-order valence-corrected chi connectivity index (χ4v) is 2.56. The van der Waals surface area contributed by atoms with Gasteiger partial charge in [-0.05, 0) is 35.2 Å². The number of nitrogens with zero attached hydrogens (tertiary/aromatic N) is 2. The van der Waals surface area contributed by atoms with Gasteiger partial charge in [0.25, 0.3) is 0 Å². The molecule has 0 aliphatic rings. The first-order valence-electron chi connectivity index (χ1n) is 7.85. The van der Waals surface area contributed by atoms with Gasteiger partial charge in [0.1, 0.15) is 11.4 Å². The van der Waals surface area contributed by atoms with Crippen LogP contribution in [0.3, 0.4) is 0 Å². The molecule has 3 aromatic rings. The lowest BCUT2D eigenvalue weighted by Gasteiger charge is -2.20. The van der Waals surface area contributed by atoms with Crippen LogP contribution in [-0.2, 0) is 5.41 Å². The number of hydrogen-bond donors (Lipinski definition) is 0. The summed E-state index contributed by atoms with van der Waals surface area (Å²) in [5.41, 5.74) is 3.31. The van der Waals surface area contributed by atoms with Crippen molar-refractivity contribution in [2.75, 3.05) is 7.11 Å². The fraction of sp³-hybridized carbons (Fsp3) is 0.250. The summed E-state index contributed by atoms with van der Waals surface area (Å²) in [5.74, 6) is 0.360. The maximum Gasteiger partial charge on any atom is 0.216 e. The van der Waals surface area contributed by atoms with Gasteiger partial charge in [-0.15, -0.1) is 0 Å². The van der Waals surface area contributed by atoms with Crippen molar-refractivity contribution in [1.82, 2.24) is 9.97 Å². The van der Waals surface area contributed by atoms with Crippen LogP contribution in [0.25, 0.3) is 11.0 Å². The molecule has 2 aromatic carbocycles. The summed E-state index contributed by atoms with van der Waals surface area (Å²) in [6, 6.07) is 13.2. The minimum Gasteiger partial charge on any atom is -0.496 e. The van der Waals surface area contributed by atoms with Crippen LogP contribution in [-0.4, -0.2) is 22.9 Å². The zero-order valence-electron chi connectivity index (χ0n) is 14.3. The number of para-hydroxylation sites is 2. The molecule has 24 heavy (non-hydrogen) atoms. The van der Waals surface area contributed by atoms with E-state index < -0.39 is 0 Å². The quantitative estimate of drug-likeness (QED) is 0.680. The number of rotatable bonds is 3. The first-order valence-corrected chi connectivity index (χ1v) is 7.85. The number of hydrogen-bond acceptors (Lipinski definition) is 4. The van der Waals surface area contributed by atoms with Crippen LogP contribution in [0.2, 0.25) is 0 Å². The van der Waals surface area contributed by atoms with E-state index >= 15 is 0 Å². The van der Waals surface area contributed by atoms with E-state index in [1.807, 2.05) is 42.5 Å². The third-order valence-corrected chi connectivity index (χ3v) is 3.99. The molecular formula is C20H20N2O2. The third kappa shape index (κ3) is 3.00. The predicted octanol–water partition coefficient (Wildman–Crippen LogP) is 4.17. The maximum atomic E-state index is 13.0. The van der Waals surface area contributed by atoms with Gasteiger partial charge in [-0.25, -0.2) is 4.98 Å². The van der Waals surface area contributed by atoms with Crippen LogP contribution in [0.5, 0.6) is 5.75 Å². The molecule has 0 saturated carbocycles. The second kappa shape index (κ2) is 6.04. The molecule has 0 fully saturated rings. The van der Waals surface area contributed by atoms with Crippen LogP contribution in [0.15, 0.2) is 48.7 Å². The Bertz CT molecular complexity index is 911. The van der Waals surface area contributed by atoms with E-state index in [2.05, 4.69) is 30.7 Å². The molecule has 0 N–H and O–H groups in total. The Balaban J connectivity index is 2.10. The van der Waals surface area contributed by atoms with Crippen LogP contribution >= 0.6 is 0 Å². The molecule has 0 saturated heterocycles. The summed E-state index contributed by atoms with van der Waals surface area (Å²) in [5, 5.41) is 0. The Hall–Kier alpha value is -2.75. The van der Waals surface area contributed by atoms with Crippen molar-refractivity contribution in [3.8, 4) is 5.75 Å². The van der Waals surface area contributed by atoms with Gasteiger partial charge >= 0.3 is 0 Å². The zero-order valence-corrected chi connectivity index (χ0v) is 14.3. The van der Waals surface area contributed by atoms with Crippen molar-refractivity contribution in [3.05, 3.63) is 65.5 Å². The van der Waals surface area contributed by atoms with E-state index in [9.17, 15) is 4.79 Å². The summed E-state index contributed by atoms with van der Waals surface area (Å²) in [6.45, 7) is 6.33. The minimum atomic E-state index is -0.184. The predicted molar refractivity (Wildman–Crippen MR) is 94.7 cm³/mol. The Morgan fingerprint density at radius 1 is 1.04 bits per heavy atom. The molecule has 122 valence electrons. The molecule has 0 aliphatic heterocycles. The van der Waals surface area contributed by atoms with Crippen LogP contribution < -0.4 is 4.74 Å².